The number of nitrogens with zero attached hydrogens (tertiary/aromatic N) is 1. The molecule has 1 N–H and O–H groups in total. The zero-order chi connectivity index (χ0) is 24.4. The molecule has 0 bridgehead atoms. The molecule has 0 amide bonds. The fourth-order valence-electron chi connectivity index (χ4n) is 4.40. The summed E-state index contributed by atoms with van der Waals surface area (Å²) in [5.74, 6) is 2.07. The highest BCUT2D eigenvalue weighted by atomic mass is 16.5. The lowest BCUT2D eigenvalue weighted by atomic mass is 9.90. The highest BCUT2D eigenvalue weighted by Gasteiger charge is 2.31. The standard InChI is InChI=1S/C29H26N2O4/c1-18-16-22(17-33-3)25(28(32)30-18)26-27(35-29(31-26)21-12-8-5-9-13-21)24(20-10-6-4-7-11-20)23-15-14-19(2)34-23/h4-16,24H,17H2,1-3H3,(H,30,32). The molecule has 6 nitrogen and oxygen atoms in total. The van der Waals surface area contributed by atoms with Gasteiger partial charge in [0.25, 0.3) is 5.56 Å². The number of aromatic amines is 1. The first kappa shape index (κ1) is 22.6. The van der Waals surface area contributed by atoms with Crippen molar-refractivity contribution in [2.45, 2.75) is 26.4 Å². The Hall–Kier alpha value is -4.16. The lowest BCUT2D eigenvalue weighted by Crippen LogP contribution is -2.16. The minimum absolute atomic E-state index is 0.242. The van der Waals surface area contributed by atoms with Crippen LogP contribution in [0, 0.1) is 13.8 Å². The normalized spacial score (nSPS) is 12.1. The van der Waals surface area contributed by atoms with Gasteiger partial charge in [-0.25, -0.2) is 4.98 Å². The molecule has 3 heterocycles. The van der Waals surface area contributed by atoms with Crippen LogP contribution in [0.25, 0.3) is 22.7 Å². The number of H-pyrrole nitrogens is 1. The molecular weight excluding hydrogens is 440 g/mol. The van der Waals surface area contributed by atoms with Crippen LogP contribution in [0.5, 0.6) is 0 Å². The topological polar surface area (TPSA) is 81.3 Å². The van der Waals surface area contributed by atoms with Crippen molar-refractivity contribution in [2.75, 3.05) is 7.11 Å². The third-order valence-corrected chi connectivity index (χ3v) is 5.90. The van der Waals surface area contributed by atoms with Gasteiger partial charge in [0.2, 0.25) is 5.89 Å². The van der Waals surface area contributed by atoms with Crippen LogP contribution >= 0.6 is 0 Å². The van der Waals surface area contributed by atoms with E-state index in [-0.39, 0.29) is 12.2 Å². The SMILES string of the molecule is COCc1cc(C)[nH]c(=O)c1-c1nc(-c2ccccc2)oc1C(c1ccccc1)c1ccc(C)o1. The number of nitrogens with one attached hydrogen (secondary N) is 1. The summed E-state index contributed by atoms with van der Waals surface area (Å²) in [5, 5.41) is 0. The van der Waals surface area contributed by atoms with Crippen molar-refractivity contribution in [3.63, 3.8) is 0 Å². The zero-order valence-electron chi connectivity index (χ0n) is 19.9. The summed E-state index contributed by atoms with van der Waals surface area (Å²) in [5.41, 5.74) is 3.94. The van der Waals surface area contributed by atoms with E-state index in [0.717, 1.165) is 28.1 Å². The first-order chi connectivity index (χ1) is 17.0. The van der Waals surface area contributed by atoms with Crippen LogP contribution < -0.4 is 5.56 Å². The Morgan fingerprint density at radius 1 is 0.943 bits per heavy atom. The Labute approximate surface area is 203 Å². The maximum atomic E-state index is 13.3. The molecule has 0 aliphatic rings. The van der Waals surface area contributed by atoms with Crippen molar-refractivity contribution in [3.05, 3.63) is 123 Å². The second kappa shape index (κ2) is 9.60. The average molecular weight is 467 g/mol. The molecule has 0 radical (unpaired) electrons. The fourth-order valence-corrected chi connectivity index (χ4v) is 4.40. The van der Waals surface area contributed by atoms with E-state index in [2.05, 4.69) is 4.98 Å². The molecule has 0 saturated carbocycles. The first-order valence-corrected chi connectivity index (χ1v) is 11.4. The number of oxazole rings is 1. The lowest BCUT2D eigenvalue weighted by Gasteiger charge is -2.15. The van der Waals surface area contributed by atoms with Crippen molar-refractivity contribution in [3.8, 4) is 22.7 Å². The van der Waals surface area contributed by atoms with E-state index in [9.17, 15) is 4.79 Å². The van der Waals surface area contributed by atoms with E-state index in [1.54, 1.807) is 7.11 Å². The molecule has 0 aliphatic carbocycles. The Bertz CT molecular complexity index is 1500. The number of ether oxygens (including phenoxy) is 1. The predicted molar refractivity (Wildman–Crippen MR) is 134 cm³/mol. The molecule has 0 fully saturated rings. The Morgan fingerprint density at radius 3 is 2.31 bits per heavy atom. The highest BCUT2D eigenvalue weighted by Crippen LogP contribution is 2.41. The first-order valence-electron chi connectivity index (χ1n) is 11.4. The molecule has 3 aromatic heterocycles. The van der Waals surface area contributed by atoms with E-state index in [4.69, 9.17) is 18.6 Å². The van der Waals surface area contributed by atoms with Crippen molar-refractivity contribution < 1.29 is 13.6 Å². The minimum atomic E-state index is -0.402. The number of aryl methyl sites for hydroxylation is 2. The van der Waals surface area contributed by atoms with E-state index >= 15 is 0 Å². The molecule has 6 heteroatoms. The van der Waals surface area contributed by atoms with Gasteiger partial charge in [0.15, 0.2) is 0 Å². The van der Waals surface area contributed by atoms with Crippen LogP contribution in [0.3, 0.4) is 0 Å². The van der Waals surface area contributed by atoms with Gasteiger partial charge < -0.3 is 18.6 Å². The van der Waals surface area contributed by atoms with E-state index in [1.165, 1.54) is 0 Å². The second-order valence-corrected chi connectivity index (χ2v) is 8.50. The quantitative estimate of drug-likeness (QED) is 0.307. The molecule has 5 aromatic rings. The van der Waals surface area contributed by atoms with Crippen molar-refractivity contribution >= 4 is 0 Å². The number of benzene rings is 2. The summed E-state index contributed by atoms with van der Waals surface area (Å²) in [6, 6.07) is 25.4. The van der Waals surface area contributed by atoms with Gasteiger partial charge in [-0.15, -0.1) is 0 Å². The summed E-state index contributed by atoms with van der Waals surface area (Å²) in [6.45, 7) is 4.02. The summed E-state index contributed by atoms with van der Waals surface area (Å²) >= 11 is 0. The van der Waals surface area contributed by atoms with Gasteiger partial charge in [0.1, 0.15) is 28.9 Å². The van der Waals surface area contributed by atoms with Gasteiger partial charge >= 0.3 is 0 Å². The molecule has 0 spiro atoms. The Morgan fingerprint density at radius 2 is 1.66 bits per heavy atom. The second-order valence-electron chi connectivity index (χ2n) is 8.50. The molecule has 0 saturated heterocycles. The van der Waals surface area contributed by atoms with E-state index in [1.807, 2.05) is 92.7 Å². The van der Waals surface area contributed by atoms with Crippen LogP contribution in [0.4, 0.5) is 0 Å². The number of pyridine rings is 1. The maximum Gasteiger partial charge on any atom is 0.258 e. The summed E-state index contributed by atoms with van der Waals surface area (Å²) in [6.07, 6.45) is 0. The minimum Gasteiger partial charge on any atom is -0.465 e. The molecule has 1 atom stereocenters. The van der Waals surface area contributed by atoms with Crippen LogP contribution in [-0.4, -0.2) is 17.1 Å². The fraction of sp³-hybridized carbons (Fsp3) is 0.172. The zero-order valence-corrected chi connectivity index (χ0v) is 19.9. The third kappa shape index (κ3) is 4.48. The summed E-state index contributed by atoms with van der Waals surface area (Å²) in [7, 11) is 1.61. The van der Waals surface area contributed by atoms with Gasteiger partial charge in [-0.05, 0) is 55.3 Å². The molecule has 2 aromatic carbocycles. The molecule has 5 rings (SSSR count). The number of hydrogen-bond donors (Lipinski definition) is 1. The Kier molecular flexibility index (Phi) is 6.21. The van der Waals surface area contributed by atoms with E-state index in [0.29, 0.717) is 28.7 Å². The van der Waals surface area contributed by atoms with Crippen LogP contribution in [-0.2, 0) is 11.3 Å². The lowest BCUT2D eigenvalue weighted by molar-refractivity contribution is 0.185. The largest absolute Gasteiger partial charge is 0.465 e. The van der Waals surface area contributed by atoms with Crippen molar-refractivity contribution in [1.29, 1.82) is 0 Å². The predicted octanol–water partition coefficient (Wildman–Crippen LogP) is 6.23. The van der Waals surface area contributed by atoms with Crippen LogP contribution in [0.2, 0.25) is 0 Å². The average Bonchev–Trinajstić information content (AvgIpc) is 3.47. The molecule has 35 heavy (non-hydrogen) atoms. The van der Waals surface area contributed by atoms with Gasteiger partial charge in [0, 0.05) is 18.4 Å². The third-order valence-electron chi connectivity index (χ3n) is 5.90. The van der Waals surface area contributed by atoms with Crippen molar-refractivity contribution in [1.82, 2.24) is 9.97 Å². The molecule has 176 valence electrons. The molecule has 1 unspecified atom stereocenters. The highest BCUT2D eigenvalue weighted by molar-refractivity contribution is 5.70. The number of aromatic nitrogens is 2. The summed E-state index contributed by atoms with van der Waals surface area (Å²) < 4.78 is 18.0. The van der Waals surface area contributed by atoms with Crippen LogP contribution in [0.15, 0.2) is 92.5 Å². The molecule has 0 aliphatic heterocycles. The van der Waals surface area contributed by atoms with Crippen LogP contribution in [0.1, 0.15) is 40.0 Å². The van der Waals surface area contributed by atoms with Crippen molar-refractivity contribution in [2.24, 2.45) is 0 Å². The van der Waals surface area contributed by atoms with Gasteiger partial charge in [0.05, 0.1) is 12.2 Å². The number of rotatable bonds is 7. The number of hydrogen-bond acceptors (Lipinski definition) is 5. The van der Waals surface area contributed by atoms with Gasteiger partial charge in [-0.1, -0.05) is 48.5 Å². The maximum absolute atomic E-state index is 13.3. The molecular formula is C29H26N2O4. The number of furan rings is 1. The Balaban J connectivity index is 1.82. The smallest absolute Gasteiger partial charge is 0.258 e. The number of methoxy groups -OCH3 is 1. The van der Waals surface area contributed by atoms with E-state index < -0.39 is 5.92 Å². The van der Waals surface area contributed by atoms with Gasteiger partial charge in [-0.2, -0.15) is 0 Å². The summed E-state index contributed by atoms with van der Waals surface area (Å²) in [4.78, 5) is 21.1. The van der Waals surface area contributed by atoms with Gasteiger partial charge in [-0.3, -0.25) is 4.79 Å². The monoisotopic (exact) mass is 466 g/mol.